The van der Waals surface area contributed by atoms with E-state index in [0.717, 1.165) is 23.2 Å². The highest BCUT2D eigenvalue weighted by atomic mass is 16.5. The summed E-state index contributed by atoms with van der Waals surface area (Å²) in [4.78, 5) is 11.1. The fourth-order valence-electron chi connectivity index (χ4n) is 3.02. The molecule has 1 aromatic rings. The maximum absolute atomic E-state index is 11.1. The highest BCUT2D eigenvalue weighted by Gasteiger charge is 2.23. The molecule has 116 valence electrons. The predicted octanol–water partition coefficient (Wildman–Crippen LogP) is 4.49. The number of ether oxygens (including phenoxy) is 1. The van der Waals surface area contributed by atoms with E-state index in [4.69, 9.17) is 0 Å². The van der Waals surface area contributed by atoms with Crippen molar-refractivity contribution in [2.24, 2.45) is 11.8 Å². The summed E-state index contributed by atoms with van der Waals surface area (Å²) < 4.78 is 4.57. The van der Waals surface area contributed by atoms with Gasteiger partial charge in [0, 0.05) is 17.4 Å². The number of anilines is 2. The Labute approximate surface area is 127 Å². The zero-order chi connectivity index (χ0) is 15.2. The van der Waals surface area contributed by atoms with E-state index in [1.165, 1.54) is 32.8 Å². The van der Waals surface area contributed by atoms with E-state index in [0.29, 0.717) is 6.04 Å². The van der Waals surface area contributed by atoms with E-state index in [1.807, 2.05) is 24.3 Å². The van der Waals surface area contributed by atoms with Gasteiger partial charge in [0.15, 0.2) is 0 Å². The van der Waals surface area contributed by atoms with Crippen molar-refractivity contribution < 1.29 is 9.53 Å². The summed E-state index contributed by atoms with van der Waals surface area (Å²) in [6.07, 6.45) is 4.72. The van der Waals surface area contributed by atoms with Gasteiger partial charge in [-0.3, -0.25) is 5.32 Å². The molecule has 1 aliphatic carbocycles. The molecule has 2 unspecified atom stereocenters. The van der Waals surface area contributed by atoms with Gasteiger partial charge in [-0.25, -0.2) is 4.79 Å². The normalized spacial score (nSPS) is 21.9. The first-order valence-electron chi connectivity index (χ1n) is 7.80. The fraction of sp³-hybridized carbons (Fsp3) is 0.588. The molecule has 1 saturated carbocycles. The Morgan fingerprint density at radius 2 is 1.86 bits per heavy atom. The molecule has 2 rings (SSSR count). The summed E-state index contributed by atoms with van der Waals surface area (Å²) in [5.41, 5.74) is 1.86. The molecular formula is C17H26N2O2. The molecule has 4 nitrogen and oxygen atoms in total. The van der Waals surface area contributed by atoms with Crippen LogP contribution in [-0.2, 0) is 4.74 Å². The third kappa shape index (κ3) is 4.66. The average molecular weight is 290 g/mol. The predicted molar refractivity (Wildman–Crippen MR) is 86.7 cm³/mol. The van der Waals surface area contributed by atoms with Crippen molar-refractivity contribution in [1.29, 1.82) is 0 Å². The summed E-state index contributed by atoms with van der Waals surface area (Å²) in [6.45, 7) is 4.64. The van der Waals surface area contributed by atoms with Crippen LogP contribution in [0.15, 0.2) is 24.3 Å². The van der Waals surface area contributed by atoms with Gasteiger partial charge in [-0.1, -0.05) is 26.7 Å². The van der Waals surface area contributed by atoms with Crippen molar-refractivity contribution in [3.05, 3.63) is 24.3 Å². The number of carbonyl (C=O) groups is 1. The summed E-state index contributed by atoms with van der Waals surface area (Å²) in [7, 11) is 1.36. The number of hydrogen-bond donors (Lipinski definition) is 2. The van der Waals surface area contributed by atoms with Crippen LogP contribution in [0.25, 0.3) is 0 Å². The highest BCUT2D eigenvalue weighted by molar-refractivity contribution is 5.84. The van der Waals surface area contributed by atoms with E-state index >= 15 is 0 Å². The van der Waals surface area contributed by atoms with Crippen molar-refractivity contribution in [3.8, 4) is 0 Å². The van der Waals surface area contributed by atoms with Crippen LogP contribution in [0.4, 0.5) is 16.2 Å². The lowest BCUT2D eigenvalue weighted by molar-refractivity contribution is 0.187. The molecule has 4 heteroatoms. The fourth-order valence-corrected chi connectivity index (χ4v) is 3.02. The lowest BCUT2D eigenvalue weighted by Gasteiger charge is -2.32. The maximum Gasteiger partial charge on any atom is 0.411 e. The van der Waals surface area contributed by atoms with Crippen LogP contribution in [0.1, 0.15) is 39.5 Å². The second-order valence-electron chi connectivity index (χ2n) is 6.21. The summed E-state index contributed by atoms with van der Waals surface area (Å²) in [5.74, 6) is 1.60. The van der Waals surface area contributed by atoms with E-state index in [1.54, 1.807) is 0 Å². The van der Waals surface area contributed by atoms with Crippen LogP contribution in [-0.4, -0.2) is 19.2 Å². The van der Waals surface area contributed by atoms with Crippen molar-refractivity contribution in [2.75, 3.05) is 17.7 Å². The highest BCUT2D eigenvalue weighted by Crippen LogP contribution is 2.31. The minimum absolute atomic E-state index is 0.442. The maximum atomic E-state index is 11.1. The van der Waals surface area contributed by atoms with Gasteiger partial charge in [0.2, 0.25) is 0 Å². The molecule has 0 saturated heterocycles. The van der Waals surface area contributed by atoms with Gasteiger partial charge in [-0.2, -0.15) is 0 Å². The summed E-state index contributed by atoms with van der Waals surface area (Å²) in [6, 6.07) is 8.35. The molecular weight excluding hydrogens is 264 g/mol. The Hall–Kier alpha value is -1.71. The van der Waals surface area contributed by atoms with Crippen LogP contribution in [0.2, 0.25) is 0 Å². The molecule has 2 N–H and O–H groups in total. The van der Waals surface area contributed by atoms with Crippen LogP contribution in [0.5, 0.6) is 0 Å². The number of methoxy groups -OCH3 is 1. The topological polar surface area (TPSA) is 50.4 Å². The number of amides is 1. The first-order valence-corrected chi connectivity index (χ1v) is 7.80. The molecule has 1 fully saturated rings. The lowest BCUT2D eigenvalue weighted by Crippen LogP contribution is -2.29. The second-order valence-corrected chi connectivity index (χ2v) is 6.21. The molecule has 21 heavy (non-hydrogen) atoms. The minimum Gasteiger partial charge on any atom is -0.453 e. The molecule has 1 aromatic carbocycles. The number of nitrogens with one attached hydrogen (secondary N) is 2. The van der Waals surface area contributed by atoms with Gasteiger partial charge >= 0.3 is 6.09 Å². The van der Waals surface area contributed by atoms with E-state index in [-0.39, 0.29) is 0 Å². The number of hydrogen-bond acceptors (Lipinski definition) is 3. The van der Waals surface area contributed by atoms with Crippen molar-refractivity contribution in [3.63, 3.8) is 0 Å². The molecule has 0 heterocycles. The molecule has 0 aromatic heterocycles. The van der Waals surface area contributed by atoms with Gasteiger partial charge in [-0.05, 0) is 48.9 Å². The smallest absolute Gasteiger partial charge is 0.411 e. The summed E-state index contributed by atoms with van der Waals surface area (Å²) >= 11 is 0. The lowest BCUT2D eigenvalue weighted by atomic mass is 9.79. The minimum atomic E-state index is -0.442. The average Bonchev–Trinajstić information content (AvgIpc) is 2.49. The Kier molecular flexibility index (Phi) is 5.48. The van der Waals surface area contributed by atoms with Crippen LogP contribution >= 0.6 is 0 Å². The Bertz CT molecular complexity index is 456. The van der Waals surface area contributed by atoms with Crippen molar-refractivity contribution >= 4 is 17.5 Å². The number of benzene rings is 1. The van der Waals surface area contributed by atoms with Crippen molar-refractivity contribution in [1.82, 2.24) is 0 Å². The Morgan fingerprint density at radius 3 is 2.48 bits per heavy atom. The van der Waals surface area contributed by atoms with Gasteiger partial charge in [-0.15, -0.1) is 0 Å². The number of rotatable bonds is 4. The molecule has 0 bridgehead atoms. The zero-order valence-corrected chi connectivity index (χ0v) is 13.2. The van der Waals surface area contributed by atoms with Crippen LogP contribution in [0, 0.1) is 11.8 Å². The number of carbonyl (C=O) groups excluding carboxylic acids is 1. The molecule has 0 spiro atoms. The van der Waals surface area contributed by atoms with Crippen LogP contribution in [0.3, 0.4) is 0 Å². The van der Waals surface area contributed by atoms with Gasteiger partial charge in [0.25, 0.3) is 0 Å². The van der Waals surface area contributed by atoms with E-state index in [9.17, 15) is 4.79 Å². The SMILES string of the molecule is COC(=O)Nc1ccc(NC2CCCC(C(C)C)C2)cc1. The van der Waals surface area contributed by atoms with Crippen molar-refractivity contribution in [2.45, 2.75) is 45.6 Å². The summed E-state index contributed by atoms with van der Waals surface area (Å²) in [5, 5.41) is 6.27. The Balaban J connectivity index is 1.89. The largest absolute Gasteiger partial charge is 0.453 e. The standard InChI is InChI=1S/C17H26N2O2/c1-12(2)13-5-4-6-16(11-13)18-14-7-9-15(10-8-14)19-17(20)21-3/h7-10,12-13,16,18H,4-6,11H2,1-3H3,(H,19,20). The first kappa shape index (κ1) is 15.7. The third-order valence-corrected chi connectivity index (χ3v) is 4.35. The van der Waals surface area contributed by atoms with Gasteiger partial charge in [0.1, 0.15) is 0 Å². The monoisotopic (exact) mass is 290 g/mol. The first-order chi connectivity index (χ1) is 10.1. The molecule has 1 aliphatic rings. The molecule has 2 atom stereocenters. The van der Waals surface area contributed by atoms with Gasteiger partial charge in [0.05, 0.1) is 7.11 Å². The molecule has 0 radical (unpaired) electrons. The second kappa shape index (κ2) is 7.34. The zero-order valence-electron chi connectivity index (χ0n) is 13.2. The third-order valence-electron chi connectivity index (χ3n) is 4.35. The molecule has 0 aliphatic heterocycles. The molecule has 1 amide bonds. The van der Waals surface area contributed by atoms with E-state index < -0.39 is 6.09 Å². The van der Waals surface area contributed by atoms with Gasteiger partial charge < -0.3 is 10.1 Å². The van der Waals surface area contributed by atoms with Crippen LogP contribution < -0.4 is 10.6 Å². The quantitative estimate of drug-likeness (QED) is 0.859. The Morgan fingerprint density at radius 1 is 1.19 bits per heavy atom. The van der Waals surface area contributed by atoms with E-state index in [2.05, 4.69) is 29.2 Å².